The van der Waals surface area contributed by atoms with Crippen LogP contribution in [0.3, 0.4) is 0 Å². The van der Waals surface area contributed by atoms with Crippen LogP contribution < -0.4 is 16.0 Å². The fraction of sp³-hybridized carbons (Fsp3) is 0.333. The molecule has 1 heterocycles. The number of anilines is 2. The zero-order valence-electron chi connectivity index (χ0n) is 15.8. The summed E-state index contributed by atoms with van der Waals surface area (Å²) >= 11 is 0. The van der Waals surface area contributed by atoms with Gasteiger partial charge in [0.15, 0.2) is 0 Å². The van der Waals surface area contributed by atoms with Gasteiger partial charge in [0.2, 0.25) is 0 Å². The Labute approximate surface area is 165 Å². The van der Waals surface area contributed by atoms with Crippen molar-refractivity contribution in [2.75, 3.05) is 50.0 Å². The molecule has 0 unspecified atom stereocenters. The number of para-hydroxylation sites is 1. The summed E-state index contributed by atoms with van der Waals surface area (Å²) in [6, 6.07) is 15.7. The zero-order valence-corrected chi connectivity index (χ0v) is 15.8. The summed E-state index contributed by atoms with van der Waals surface area (Å²) in [5.74, 6) is -0.109. The van der Waals surface area contributed by atoms with Gasteiger partial charge in [-0.3, -0.25) is 9.69 Å². The van der Waals surface area contributed by atoms with E-state index in [1.54, 1.807) is 24.3 Å². The maximum atomic E-state index is 12.2. The summed E-state index contributed by atoms with van der Waals surface area (Å²) in [7, 11) is 0. The first kappa shape index (κ1) is 19.9. The predicted octanol–water partition coefficient (Wildman–Crippen LogP) is 2.78. The van der Waals surface area contributed by atoms with Crippen LogP contribution in [0.25, 0.3) is 0 Å². The summed E-state index contributed by atoms with van der Waals surface area (Å²) in [4.78, 5) is 26.6. The average Bonchev–Trinajstić information content (AvgIpc) is 2.73. The maximum absolute atomic E-state index is 12.2. The van der Waals surface area contributed by atoms with Gasteiger partial charge in [-0.15, -0.1) is 0 Å². The largest absolute Gasteiger partial charge is 0.379 e. The molecule has 0 aliphatic carbocycles. The van der Waals surface area contributed by atoms with Gasteiger partial charge in [0, 0.05) is 36.6 Å². The standard InChI is InChI=1S/C21H26N4O3/c26-20(22-11-4-12-25-13-15-28-16-14-25)17-7-9-19(10-8-17)24-21(27)23-18-5-2-1-3-6-18/h1-3,5-10H,4,11-16H2,(H,22,26)(H2,23,24,27). The highest BCUT2D eigenvalue weighted by molar-refractivity contribution is 6.00. The first-order valence-corrected chi connectivity index (χ1v) is 9.52. The minimum atomic E-state index is -0.327. The van der Waals surface area contributed by atoms with Gasteiger partial charge in [0.25, 0.3) is 5.91 Å². The van der Waals surface area contributed by atoms with Crippen molar-refractivity contribution in [1.82, 2.24) is 10.2 Å². The molecular formula is C21H26N4O3. The number of hydrogen-bond donors (Lipinski definition) is 3. The summed E-state index contributed by atoms with van der Waals surface area (Å²) in [6.45, 7) is 5.09. The van der Waals surface area contributed by atoms with Gasteiger partial charge in [-0.25, -0.2) is 4.79 Å². The second-order valence-corrected chi connectivity index (χ2v) is 6.59. The molecule has 0 saturated carbocycles. The number of carbonyl (C=O) groups is 2. The minimum absolute atomic E-state index is 0.109. The number of morpholine rings is 1. The molecule has 1 aliphatic heterocycles. The number of urea groups is 1. The summed E-state index contributed by atoms with van der Waals surface area (Å²) in [5, 5.41) is 8.43. The van der Waals surface area contributed by atoms with Crippen LogP contribution in [0.1, 0.15) is 16.8 Å². The van der Waals surface area contributed by atoms with E-state index in [0.717, 1.165) is 39.3 Å². The highest BCUT2D eigenvalue weighted by Crippen LogP contribution is 2.11. The van der Waals surface area contributed by atoms with Crippen molar-refractivity contribution >= 4 is 23.3 Å². The van der Waals surface area contributed by atoms with Gasteiger partial charge < -0.3 is 20.7 Å². The number of rotatable bonds is 7. The van der Waals surface area contributed by atoms with Gasteiger partial charge >= 0.3 is 6.03 Å². The molecule has 1 aliphatic rings. The summed E-state index contributed by atoms with van der Waals surface area (Å²) in [6.07, 6.45) is 0.908. The third-order valence-electron chi connectivity index (χ3n) is 4.48. The van der Waals surface area contributed by atoms with E-state index in [-0.39, 0.29) is 11.9 Å². The van der Waals surface area contributed by atoms with Crippen molar-refractivity contribution in [2.45, 2.75) is 6.42 Å². The van der Waals surface area contributed by atoms with Crippen LogP contribution in [0.2, 0.25) is 0 Å². The maximum Gasteiger partial charge on any atom is 0.323 e. The van der Waals surface area contributed by atoms with E-state index in [9.17, 15) is 9.59 Å². The fourth-order valence-electron chi connectivity index (χ4n) is 2.95. The van der Waals surface area contributed by atoms with Crippen molar-refractivity contribution in [3.8, 4) is 0 Å². The van der Waals surface area contributed by atoms with Crippen molar-refractivity contribution in [3.63, 3.8) is 0 Å². The van der Waals surface area contributed by atoms with Crippen LogP contribution in [0, 0.1) is 0 Å². The van der Waals surface area contributed by atoms with Crippen LogP contribution in [-0.2, 0) is 4.74 Å². The lowest BCUT2D eigenvalue weighted by molar-refractivity contribution is 0.0374. The Bertz CT molecular complexity index is 759. The second-order valence-electron chi connectivity index (χ2n) is 6.59. The monoisotopic (exact) mass is 382 g/mol. The van der Waals surface area contributed by atoms with Crippen molar-refractivity contribution < 1.29 is 14.3 Å². The molecule has 7 nitrogen and oxygen atoms in total. The molecule has 0 bridgehead atoms. The first-order chi connectivity index (χ1) is 13.7. The van der Waals surface area contributed by atoms with Crippen LogP contribution >= 0.6 is 0 Å². The quantitative estimate of drug-likeness (QED) is 0.643. The Kier molecular flexibility index (Phi) is 7.40. The number of benzene rings is 2. The zero-order chi connectivity index (χ0) is 19.6. The lowest BCUT2D eigenvalue weighted by Crippen LogP contribution is -2.38. The molecule has 148 valence electrons. The Morgan fingerprint density at radius 3 is 2.21 bits per heavy atom. The van der Waals surface area contributed by atoms with Crippen LogP contribution in [-0.4, -0.2) is 56.2 Å². The van der Waals surface area contributed by atoms with Gasteiger partial charge in [0.1, 0.15) is 0 Å². The molecule has 3 N–H and O–H groups in total. The average molecular weight is 382 g/mol. The number of carbonyl (C=O) groups excluding carboxylic acids is 2. The highest BCUT2D eigenvalue weighted by atomic mass is 16.5. The van der Waals surface area contributed by atoms with Crippen LogP contribution in [0.4, 0.5) is 16.2 Å². The van der Waals surface area contributed by atoms with E-state index in [2.05, 4.69) is 20.9 Å². The Hall–Kier alpha value is -2.90. The Morgan fingerprint density at radius 1 is 0.893 bits per heavy atom. The summed E-state index contributed by atoms with van der Waals surface area (Å²) in [5.41, 5.74) is 1.91. The molecule has 1 fully saturated rings. The first-order valence-electron chi connectivity index (χ1n) is 9.52. The normalized spacial score (nSPS) is 14.3. The number of nitrogens with one attached hydrogen (secondary N) is 3. The molecule has 0 spiro atoms. The summed E-state index contributed by atoms with van der Waals surface area (Å²) < 4.78 is 5.32. The SMILES string of the molecule is O=C(Nc1ccccc1)Nc1ccc(C(=O)NCCCN2CCOCC2)cc1. The molecule has 28 heavy (non-hydrogen) atoms. The lowest BCUT2D eigenvalue weighted by Gasteiger charge is -2.26. The second kappa shape index (κ2) is 10.4. The molecule has 0 radical (unpaired) electrons. The van der Waals surface area contributed by atoms with Gasteiger partial charge in [-0.2, -0.15) is 0 Å². The molecule has 3 rings (SSSR count). The lowest BCUT2D eigenvalue weighted by atomic mass is 10.2. The molecule has 7 heteroatoms. The number of ether oxygens (including phenoxy) is 1. The molecule has 0 aromatic heterocycles. The van der Waals surface area contributed by atoms with E-state index < -0.39 is 0 Å². The van der Waals surface area contributed by atoms with E-state index in [0.29, 0.717) is 23.5 Å². The van der Waals surface area contributed by atoms with E-state index >= 15 is 0 Å². The van der Waals surface area contributed by atoms with Crippen LogP contribution in [0.5, 0.6) is 0 Å². The number of amides is 3. The molecule has 0 atom stereocenters. The predicted molar refractivity (Wildman–Crippen MR) is 110 cm³/mol. The number of nitrogens with zero attached hydrogens (tertiary/aromatic N) is 1. The smallest absolute Gasteiger partial charge is 0.323 e. The Morgan fingerprint density at radius 2 is 1.54 bits per heavy atom. The molecule has 3 amide bonds. The molecule has 2 aromatic rings. The third-order valence-corrected chi connectivity index (χ3v) is 4.48. The molecule has 2 aromatic carbocycles. The van der Waals surface area contributed by atoms with Gasteiger partial charge in [0.05, 0.1) is 13.2 Å². The highest BCUT2D eigenvalue weighted by Gasteiger charge is 2.10. The number of hydrogen-bond acceptors (Lipinski definition) is 4. The van der Waals surface area contributed by atoms with E-state index in [4.69, 9.17) is 4.74 Å². The molecular weight excluding hydrogens is 356 g/mol. The molecule has 1 saturated heterocycles. The fourth-order valence-corrected chi connectivity index (χ4v) is 2.95. The van der Waals surface area contributed by atoms with Crippen molar-refractivity contribution in [1.29, 1.82) is 0 Å². The van der Waals surface area contributed by atoms with Crippen LogP contribution in [0.15, 0.2) is 54.6 Å². The minimum Gasteiger partial charge on any atom is -0.379 e. The van der Waals surface area contributed by atoms with Crippen molar-refractivity contribution in [2.24, 2.45) is 0 Å². The topological polar surface area (TPSA) is 82.7 Å². The van der Waals surface area contributed by atoms with E-state index in [1.165, 1.54) is 0 Å². The third kappa shape index (κ3) is 6.37. The van der Waals surface area contributed by atoms with E-state index in [1.807, 2.05) is 30.3 Å². The van der Waals surface area contributed by atoms with Crippen molar-refractivity contribution in [3.05, 3.63) is 60.2 Å². The van der Waals surface area contributed by atoms with Gasteiger partial charge in [-0.1, -0.05) is 18.2 Å². The Balaban J connectivity index is 1.39. The van der Waals surface area contributed by atoms with Gasteiger partial charge in [-0.05, 0) is 49.4 Å².